The number of anilines is 3. The van der Waals surface area contributed by atoms with E-state index in [0.717, 1.165) is 66.1 Å². The highest BCUT2D eigenvalue weighted by Crippen LogP contribution is 2.43. The Morgan fingerprint density at radius 3 is 1.61 bits per heavy atom. The second-order valence-corrected chi connectivity index (χ2v) is 13.4. The van der Waals surface area contributed by atoms with Crippen molar-refractivity contribution >= 4 is 49.8 Å². The van der Waals surface area contributed by atoms with Gasteiger partial charge in [-0.3, -0.25) is 0 Å². The van der Waals surface area contributed by atoms with Crippen molar-refractivity contribution < 1.29 is 9.90 Å². The van der Waals surface area contributed by atoms with Crippen LogP contribution in [0.5, 0.6) is 0 Å². The van der Waals surface area contributed by atoms with Gasteiger partial charge in [0, 0.05) is 33.1 Å². The van der Waals surface area contributed by atoms with Crippen LogP contribution in [-0.4, -0.2) is 0 Å². The fourth-order valence-corrected chi connectivity index (χ4v) is 7.43. The Balaban J connectivity index is 1.16. The zero-order valence-corrected chi connectivity index (χ0v) is 29.3. The molecular formula is C52H35NO. The number of nitrogens with zero attached hydrogens (tertiary/aromatic N) is 1. The molecule has 0 aliphatic rings. The summed E-state index contributed by atoms with van der Waals surface area (Å²) in [5, 5.41) is 4.14. The first-order chi connectivity index (χ1) is 28.4. The molecule has 0 saturated carbocycles. The fourth-order valence-electron chi connectivity index (χ4n) is 7.43. The lowest BCUT2D eigenvalue weighted by molar-refractivity contribution is 0.672. The van der Waals surface area contributed by atoms with Crippen LogP contribution in [0.3, 0.4) is 0 Å². The molecule has 254 valence electrons. The van der Waals surface area contributed by atoms with Crippen LogP contribution in [0.4, 0.5) is 17.1 Å². The van der Waals surface area contributed by atoms with Crippen LogP contribution >= 0.6 is 0 Å². The van der Waals surface area contributed by atoms with Gasteiger partial charge in [-0.05, 0) is 92.8 Å². The first-order valence-electron chi connectivity index (χ1n) is 20.1. The summed E-state index contributed by atoms with van der Waals surface area (Å²) in [6.45, 7) is 0. The summed E-state index contributed by atoms with van der Waals surface area (Å²) < 4.78 is 44.4. The van der Waals surface area contributed by atoms with E-state index in [2.05, 4.69) is 48.5 Å². The van der Waals surface area contributed by atoms with Crippen molar-refractivity contribution in [3.05, 3.63) is 212 Å². The highest BCUT2D eigenvalue weighted by molar-refractivity contribution is 6.15. The van der Waals surface area contributed by atoms with Crippen molar-refractivity contribution in [2.45, 2.75) is 0 Å². The zero-order chi connectivity index (χ0) is 39.3. The third kappa shape index (κ3) is 5.71. The topological polar surface area (TPSA) is 16.4 Å². The fraction of sp³-hybridized carbons (Fsp3) is 0. The van der Waals surface area contributed by atoms with Crippen LogP contribution in [0.2, 0.25) is 0 Å². The molecule has 10 rings (SSSR count). The molecule has 0 unspecified atom stereocenters. The predicted molar refractivity (Wildman–Crippen MR) is 228 cm³/mol. The number of para-hydroxylation sites is 2. The molecule has 54 heavy (non-hydrogen) atoms. The molecule has 0 atom stereocenters. The summed E-state index contributed by atoms with van der Waals surface area (Å²) >= 11 is 0. The van der Waals surface area contributed by atoms with Gasteiger partial charge < -0.3 is 9.32 Å². The Kier molecular flexibility index (Phi) is 6.84. The highest BCUT2D eigenvalue weighted by atomic mass is 16.3. The van der Waals surface area contributed by atoms with Crippen LogP contribution in [0.25, 0.3) is 77.2 Å². The van der Waals surface area contributed by atoms with E-state index in [1.165, 1.54) is 0 Å². The minimum Gasteiger partial charge on any atom is -0.455 e. The maximum atomic E-state index is 9.59. The Morgan fingerprint density at radius 1 is 0.370 bits per heavy atom. The van der Waals surface area contributed by atoms with Gasteiger partial charge in [0.2, 0.25) is 0 Å². The number of hydrogen-bond donors (Lipinski definition) is 0. The lowest BCUT2D eigenvalue weighted by atomic mass is 9.97. The molecule has 10 aromatic rings. The third-order valence-corrected chi connectivity index (χ3v) is 10.2. The van der Waals surface area contributed by atoms with E-state index in [4.69, 9.17) is 4.42 Å². The largest absolute Gasteiger partial charge is 0.455 e. The van der Waals surface area contributed by atoms with Crippen LogP contribution in [0, 0.1) is 0 Å². The molecule has 1 aromatic heterocycles. The highest BCUT2D eigenvalue weighted by Gasteiger charge is 2.19. The van der Waals surface area contributed by atoms with Gasteiger partial charge in [-0.2, -0.15) is 0 Å². The number of fused-ring (bicyclic) bond motifs is 5. The van der Waals surface area contributed by atoms with E-state index >= 15 is 0 Å². The van der Waals surface area contributed by atoms with E-state index in [1.54, 1.807) is 0 Å². The summed E-state index contributed by atoms with van der Waals surface area (Å²) in [4.78, 5) is 1.87. The molecule has 0 radical (unpaired) electrons. The number of hydrogen-bond acceptors (Lipinski definition) is 2. The molecule has 0 spiro atoms. The van der Waals surface area contributed by atoms with Crippen molar-refractivity contribution in [1.82, 2.24) is 0 Å². The van der Waals surface area contributed by atoms with Gasteiger partial charge in [0.25, 0.3) is 0 Å². The standard InChI is InChI=1S/C52H35NO/c1-3-11-36(12-4-1)38-19-21-39(22-20-38)41-27-32-45(33-28-41)53(44-30-25-40(26-31-44)37-13-5-2-6-14-37)50-17-9-7-15-46(50)43-24-23-42-29-34-48-47-16-8-10-18-51(47)54-52(48)49(42)35-43/h1-35H/i27D,28D,32D,33D. The minimum atomic E-state index is -0.132. The van der Waals surface area contributed by atoms with Gasteiger partial charge in [-0.15, -0.1) is 0 Å². The van der Waals surface area contributed by atoms with Crippen LogP contribution in [-0.2, 0) is 0 Å². The van der Waals surface area contributed by atoms with Crippen LogP contribution in [0.15, 0.2) is 217 Å². The molecule has 0 aliphatic carbocycles. The number of rotatable bonds is 7. The minimum absolute atomic E-state index is 0.107. The average Bonchev–Trinajstić information content (AvgIpc) is 3.67. The Bertz CT molecular complexity index is 3110. The maximum absolute atomic E-state index is 9.59. The molecule has 0 fully saturated rings. The average molecular weight is 694 g/mol. The smallest absolute Gasteiger partial charge is 0.143 e. The summed E-state index contributed by atoms with van der Waals surface area (Å²) in [5.74, 6) is 0. The Hall–Kier alpha value is -7.16. The number of benzene rings is 9. The van der Waals surface area contributed by atoms with Gasteiger partial charge in [-0.25, -0.2) is 0 Å². The lowest BCUT2D eigenvalue weighted by Crippen LogP contribution is -2.11. The van der Waals surface area contributed by atoms with Gasteiger partial charge in [0.15, 0.2) is 0 Å². The summed E-state index contributed by atoms with van der Waals surface area (Å²) in [6, 6.07) is 62.0. The van der Waals surface area contributed by atoms with Crippen molar-refractivity contribution in [2.75, 3.05) is 4.90 Å². The van der Waals surface area contributed by atoms with E-state index < -0.39 is 0 Å². The van der Waals surface area contributed by atoms with Crippen molar-refractivity contribution in [1.29, 1.82) is 0 Å². The molecular weight excluding hydrogens is 655 g/mol. The first-order valence-corrected chi connectivity index (χ1v) is 18.1. The molecule has 1 heterocycles. The molecule has 0 bridgehead atoms. The van der Waals surface area contributed by atoms with Gasteiger partial charge >= 0.3 is 0 Å². The third-order valence-electron chi connectivity index (χ3n) is 10.2. The van der Waals surface area contributed by atoms with Crippen LogP contribution < -0.4 is 4.90 Å². The molecule has 0 aliphatic heterocycles. The number of furan rings is 1. The SMILES string of the molecule is [2H]c1c([2H])c(N(c2ccc(-c3ccccc3)cc2)c2ccccc2-c2ccc3ccc4c5ccccc5oc4c3c2)c([2H])c([2H])c1-c1ccc(-c2ccccc2)cc1. The first kappa shape index (κ1) is 27.5. The summed E-state index contributed by atoms with van der Waals surface area (Å²) in [6.07, 6.45) is 0. The molecule has 2 heteroatoms. The molecule has 9 aromatic carbocycles. The van der Waals surface area contributed by atoms with Crippen molar-refractivity contribution in [3.8, 4) is 44.5 Å². The predicted octanol–water partition coefficient (Wildman–Crippen LogP) is 14.9. The Labute approximate surface area is 320 Å². The normalized spacial score (nSPS) is 12.4. The van der Waals surface area contributed by atoms with Gasteiger partial charge in [0.05, 0.1) is 11.2 Å². The molecule has 2 nitrogen and oxygen atoms in total. The van der Waals surface area contributed by atoms with Crippen molar-refractivity contribution in [2.24, 2.45) is 0 Å². The zero-order valence-electron chi connectivity index (χ0n) is 33.3. The van der Waals surface area contributed by atoms with E-state index in [0.29, 0.717) is 16.9 Å². The molecule has 0 N–H and O–H groups in total. The van der Waals surface area contributed by atoms with E-state index in [9.17, 15) is 5.48 Å². The monoisotopic (exact) mass is 693 g/mol. The summed E-state index contributed by atoms with van der Waals surface area (Å²) in [5.41, 5.74) is 10.1. The lowest BCUT2D eigenvalue weighted by Gasteiger charge is -2.28. The molecule has 0 amide bonds. The second kappa shape index (κ2) is 13.4. The van der Waals surface area contributed by atoms with Crippen LogP contribution in [0.1, 0.15) is 5.48 Å². The quantitative estimate of drug-likeness (QED) is 0.165. The maximum Gasteiger partial charge on any atom is 0.143 e. The van der Waals surface area contributed by atoms with E-state index in [1.807, 2.05) is 144 Å². The summed E-state index contributed by atoms with van der Waals surface area (Å²) in [7, 11) is 0. The van der Waals surface area contributed by atoms with Gasteiger partial charge in [-0.1, -0.05) is 164 Å². The van der Waals surface area contributed by atoms with Gasteiger partial charge in [0.1, 0.15) is 11.2 Å². The van der Waals surface area contributed by atoms with Crippen molar-refractivity contribution in [3.63, 3.8) is 0 Å². The Morgan fingerprint density at radius 2 is 0.907 bits per heavy atom. The molecule has 0 saturated heterocycles. The van der Waals surface area contributed by atoms with E-state index in [-0.39, 0.29) is 35.4 Å². The second-order valence-electron chi connectivity index (χ2n) is 13.4.